The predicted molar refractivity (Wildman–Crippen MR) is 121 cm³/mol. The van der Waals surface area contributed by atoms with Crippen LogP contribution in [-0.2, 0) is 0 Å². The van der Waals surface area contributed by atoms with Crippen molar-refractivity contribution in [2.45, 2.75) is 18.8 Å². The van der Waals surface area contributed by atoms with Gasteiger partial charge >= 0.3 is 0 Å². The number of hydrogen-bond acceptors (Lipinski definition) is 3. The number of aromatic nitrogens is 4. The first-order valence-corrected chi connectivity index (χ1v) is 10.7. The molecule has 5 aromatic rings. The Morgan fingerprint density at radius 2 is 1.77 bits per heavy atom. The average molecular weight is 411 g/mol. The van der Waals surface area contributed by atoms with Crippen molar-refractivity contribution in [2.24, 2.45) is 0 Å². The number of nitrogens with zero attached hydrogens (tertiary/aromatic N) is 2. The molecule has 6 rings (SSSR count). The molecule has 0 atom stereocenters. The molecule has 1 aliphatic rings. The van der Waals surface area contributed by atoms with Gasteiger partial charge in [-0.25, -0.2) is 9.37 Å². The van der Waals surface area contributed by atoms with Crippen molar-refractivity contribution in [1.29, 1.82) is 0 Å². The van der Waals surface area contributed by atoms with E-state index in [0.717, 1.165) is 64.8 Å². The Morgan fingerprint density at radius 3 is 2.65 bits per heavy atom. The topological polar surface area (TPSA) is 69.4 Å². The van der Waals surface area contributed by atoms with Crippen LogP contribution in [0.15, 0.2) is 60.8 Å². The Bertz CT molecular complexity index is 1390. The molecule has 0 radical (unpaired) electrons. The second-order valence-corrected chi connectivity index (χ2v) is 8.19. The van der Waals surface area contributed by atoms with Gasteiger partial charge in [-0.15, -0.1) is 0 Å². The molecule has 1 saturated heterocycles. The summed E-state index contributed by atoms with van der Waals surface area (Å²) in [6.45, 7) is 2.13. The second kappa shape index (κ2) is 7.32. The van der Waals surface area contributed by atoms with E-state index in [-0.39, 0.29) is 5.82 Å². The molecule has 0 amide bonds. The summed E-state index contributed by atoms with van der Waals surface area (Å²) in [5, 5.41) is 13.2. The van der Waals surface area contributed by atoms with E-state index in [9.17, 15) is 4.39 Å². The summed E-state index contributed by atoms with van der Waals surface area (Å²) in [5.41, 5.74) is 6.22. The van der Waals surface area contributed by atoms with Crippen molar-refractivity contribution >= 4 is 21.9 Å². The molecule has 0 spiro atoms. The van der Waals surface area contributed by atoms with Crippen LogP contribution in [0.5, 0.6) is 0 Å². The minimum Gasteiger partial charge on any atom is -0.338 e. The molecule has 0 saturated carbocycles. The lowest BCUT2D eigenvalue weighted by molar-refractivity contribution is 0.460. The maximum atomic E-state index is 14.5. The first-order valence-electron chi connectivity index (χ1n) is 10.7. The van der Waals surface area contributed by atoms with Crippen LogP contribution in [-0.4, -0.2) is 33.3 Å². The smallest absolute Gasteiger partial charge is 0.138 e. The Hall–Kier alpha value is -3.51. The van der Waals surface area contributed by atoms with Crippen molar-refractivity contribution in [2.75, 3.05) is 13.1 Å². The monoisotopic (exact) mass is 411 g/mol. The highest BCUT2D eigenvalue weighted by molar-refractivity contribution is 5.99. The molecule has 3 aromatic heterocycles. The van der Waals surface area contributed by atoms with Gasteiger partial charge in [0.15, 0.2) is 0 Å². The van der Waals surface area contributed by atoms with Crippen LogP contribution < -0.4 is 5.32 Å². The molecule has 0 bridgehead atoms. The molecule has 1 aliphatic heterocycles. The van der Waals surface area contributed by atoms with Crippen LogP contribution >= 0.6 is 0 Å². The summed E-state index contributed by atoms with van der Waals surface area (Å²) in [6, 6.07) is 17.3. The Labute approximate surface area is 178 Å². The van der Waals surface area contributed by atoms with Crippen LogP contribution in [0.25, 0.3) is 44.5 Å². The van der Waals surface area contributed by atoms with Gasteiger partial charge in [0.05, 0.1) is 11.2 Å². The largest absolute Gasteiger partial charge is 0.338 e. The quantitative estimate of drug-likeness (QED) is 0.373. The molecule has 5 nitrogen and oxygen atoms in total. The number of benzene rings is 2. The lowest BCUT2D eigenvalue weighted by Gasteiger charge is -2.23. The van der Waals surface area contributed by atoms with Gasteiger partial charge in [-0.2, -0.15) is 5.10 Å². The zero-order valence-corrected chi connectivity index (χ0v) is 17.0. The fourth-order valence-electron chi connectivity index (χ4n) is 4.72. The third-order valence-electron chi connectivity index (χ3n) is 6.35. The first kappa shape index (κ1) is 18.3. The van der Waals surface area contributed by atoms with Crippen LogP contribution in [0.4, 0.5) is 4.39 Å². The molecule has 31 heavy (non-hydrogen) atoms. The van der Waals surface area contributed by atoms with Gasteiger partial charge in [-0.05, 0) is 73.3 Å². The maximum Gasteiger partial charge on any atom is 0.138 e. The van der Waals surface area contributed by atoms with Gasteiger partial charge < -0.3 is 10.3 Å². The summed E-state index contributed by atoms with van der Waals surface area (Å²) >= 11 is 0. The highest BCUT2D eigenvalue weighted by Gasteiger charge is 2.19. The molecule has 0 aliphatic carbocycles. The Kier molecular flexibility index (Phi) is 4.32. The minimum absolute atomic E-state index is 0.241. The zero-order chi connectivity index (χ0) is 20.8. The van der Waals surface area contributed by atoms with Gasteiger partial charge in [0.25, 0.3) is 0 Å². The SMILES string of the molecule is Fc1ccccc1-c1ccnc2[nH]c(-c3n[nH]c4ccc(C5CCNCC5)cc34)cc12. The summed E-state index contributed by atoms with van der Waals surface area (Å²) in [4.78, 5) is 7.87. The van der Waals surface area contributed by atoms with Crippen LogP contribution in [0, 0.1) is 5.82 Å². The lowest BCUT2D eigenvalue weighted by Crippen LogP contribution is -2.26. The van der Waals surface area contributed by atoms with Gasteiger partial charge in [-0.1, -0.05) is 24.3 Å². The number of H-pyrrole nitrogens is 2. The van der Waals surface area contributed by atoms with E-state index in [1.807, 2.05) is 18.2 Å². The number of piperidine rings is 1. The van der Waals surface area contributed by atoms with E-state index in [4.69, 9.17) is 0 Å². The highest BCUT2D eigenvalue weighted by Crippen LogP contribution is 2.35. The average Bonchev–Trinajstić information content (AvgIpc) is 3.43. The first-order chi connectivity index (χ1) is 15.3. The Balaban J connectivity index is 1.48. The third kappa shape index (κ3) is 3.11. The molecule has 6 heteroatoms. The molecular formula is C25H22FN5. The molecule has 4 heterocycles. The summed E-state index contributed by atoms with van der Waals surface area (Å²) in [7, 11) is 0. The van der Waals surface area contributed by atoms with Crippen LogP contribution in [0.1, 0.15) is 24.3 Å². The van der Waals surface area contributed by atoms with Crippen molar-refractivity contribution in [3.63, 3.8) is 0 Å². The number of halogens is 1. The summed E-state index contributed by atoms with van der Waals surface area (Å²) < 4.78 is 14.5. The second-order valence-electron chi connectivity index (χ2n) is 8.19. The normalized spacial score (nSPS) is 15.1. The molecule has 2 aromatic carbocycles. The van der Waals surface area contributed by atoms with Crippen molar-refractivity contribution < 1.29 is 4.39 Å². The van der Waals surface area contributed by atoms with Crippen LogP contribution in [0.2, 0.25) is 0 Å². The number of hydrogen-bond donors (Lipinski definition) is 3. The standard InChI is InChI=1S/C25H22FN5/c26-21-4-2-1-3-18(21)17-9-12-28-25-19(17)14-23(29-25)24-20-13-16(5-6-22(20)30-31-24)15-7-10-27-11-8-15/h1-6,9,12-15,27H,7-8,10-11H2,(H,28,29)(H,30,31). The van der Waals surface area contributed by atoms with Gasteiger partial charge in [0.1, 0.15) is 17.2 Å². The summed E-state index contributed by atoms with van der Waals surface area (Å²) in [5.74, 6) is 0.333. The van der Waals surface area contributed by atoms with E-state index in [1.54, 1.807) is 18.3 Å². The van der Waals surface area contributed by atoms with Crippen molar-refractivity contribution in [3.05, 3.63) is 72.2 Å². The molecular weight excluding hydrogens is 389 g/mol. The Morgan fingerprint density at radius 1 is 0.903 bits per heavy atom. The highest BCUT2D eigenvalue weighted by atomic mass is 19.1. The predicted octanol–water partition coefficient (Wildman–Crippen LogP) is 5.38. The van der Waals surface area contributed by atoms with Crippen molar-refractivity contribution in [3.8, 4) is 22.5 Å². The number of pyridine rings is 1. The number of fused-ring (bicyclic) bond motifs is 2. The minimum atomic E-state index is -0.241. The lowest BCUT2D eigenvalue weighted by atomic mass is 9.89. The fourth-order valence-corrected chi connectivity index (χ4v) is 4.72. The van der Waals surface area contributed by atoms with Gasteiger partial charge in [-0.3, -0.25) is 5.10 Å². The molecule has 0 unspecified atom stereocenters. The van der Waals surface area contributed by atoms with Crippen molar-refractivity contribution in [1.82, 2.24) is 25.5 Å². The van der Waals surface area contributed by atoms with E-state index in [0.29, 0.717) is 11.5 Å². The van der Waals surface area contributed by atoms with E-state index in [2.05, 4.69) is 43.7 Å². The zero-order valence-electron chi connectivity index (χ0n) is 17.0. The van der Waals surface area contributed by atoms with E-state index >= 15 is 0 Å². The van der Waals surface area contributed by atoms with Gasteiger partial charge in [0, 0.05) is 22.5 Å². The number of rotatable bonds is 3. The molecule has 1 fully saturated rings. The molecule has 154 valence electrons. The van der Waals surface area contributed by atoms with E-state index < -0.39 is 0 Å². The fraction of sp³-hybridized carbons (Fsp3) is 0.200. The number of aromatic amines is 2. The number of nitrogens with one attached hydrogen (secondary N) is 3. The summed E-state index contributed by atoms with van der Waals surface area (Å²) in [6.07, 6.45) is 4.02. The molecule has 3 N–H and O–H groups in total. The van der Waals surface area contributed by atoms with E-state index in [1.165, 1.54) is 11.6 Å². The third-order valence-corrected chi connectivity index (χ3v) is 6.35. The maximum absolute atomic E-state index is 14.5. The van der Waals surface area contributed by atoms with Crippen LogP contribution in [0.3, 0.4) is 0 Å². The van der Waals surface area contributed by atoms with Gasteiger partial charge in [0.2, 0.25) is 0 Å².